The molecule has 0 aromatic rings. The SMILES string of the molecule is CCN(CCCN(C)C)CC(CN)CC(C)(C)C. The Labute approximate surface area is 115 Å². The predicted octanol–water partition coefficient (Wildman–Crippen LogP) is 2.27. The van der Waals surface area contributed by atoms with Gasteiger partial charge in [-0.2, -0.15) is 0 Å². The van der Waals surface area contributed by atoms with Crippen LogP contribution >= 0.6 is 0 Å². The minimum atomic E-state index is 0.382. The molecule has 110 valence electrons. The molecule has 0 aliphatic heterocycles. The molecule has 0 heterocycles. The van der Waals surface area contributed by atoms with E-state index >= 15 is 0 Å². The van der Waals surface area contributed by atoms with Crippen LogP contribution in [0.15, 0.2) is 0 Å². The second-order valence-electron chi connectivity index (χ2n) is 6.92. The molecule has 0 aliphatic carbocycles. The van der Waals surface area contributed by atoms with E-state index < -0.39 is 0 Å². The summed E-state index contributed by atoms with van der Waals surface area (Å²) < 4.78 is 0. The standard InChI is InChI=1S/C15H35N3/c1-7-18(10-8-9-17(5)6)13-14(12-16)11-15(2,3)4/h14H,7-13,16H2,1-6H3. The van der Waals surface area contributed by atoms with E-state index in [-0.39, 0.29) is 0 Å². The van der Waals surface area contributed by atoms with Crippen LogP contribution in [0.5, 0.6) is 0 Å². The Morgan fingerprint density at radius 1 is 1.11 bits per heavy atom. The summed E-state index contributed by atoms with van der Waals surface area (Å²) in [6, 6.07) is 0. The van der Waals surface area contributed by atoms with Crippen LogP contribution in [0.4, 0.5) is 0 Å². The third kappa shape index (κ3) is 9.86. The molecule has 18 heavy (non-hydrogen) atoms. The van der Waals surface area contributed by atoms with Gasteiger partial charge in [-0.05, 0) is 64.4 Å². The molecule has 0 saturated heterocycles. The van der Waals surface area contributed by atoms with Crippen molar-refractivity contribution in [1.82, 2.24) is 9.80 Å². The maximum Gasteiger partial charge on any atom is 0.00218 e. The molecule has 3 heteroatoms. The summed E-state index contributed by atoms with van der Waals surface area (Å²) in [6.07, 6.45) is 2.46. The Balaban J connectivity index is 4.07. The molecule has 0 rings (SSSR count). The predicted molar refractivity (Wildman–Crippen MR) is 81.9 cm³/mol. The highest BCUT2D eigenvalue weighted by molar-refractivity contribution is 4.73. The van der Waals surface area contributed by atoms with Crippen molar-refractivity contribution < 1.29 is 0 Å². The van der Waals surface area contributed by atoms with Gasteiger partial charge in [-0.3, -0.25) is 0 Å². The fourth-order valence-electron chi connectivity index (χ4n) is 2.44. The first kappa shape index (κ1) is 17.9. The van der Waals surface area contributed by atoms with Crippen molar-refractivity contribution in [3.05, 3.63) is 0 Å². The Kier molecular flexibility index (Phi) is 8.83. The van der Waals surface area contributed by atoms with Crippen LogP contribution in [0.1, 0.15) is 40.5 Å². The summed E-state index contributed by atoms with van der Waals surface area (Å²) in [6.45, 7) is 14.6. The van der Waals surface area contributed by atoms with Gasteiger partial charge >= 0.3 is 0 Å². The Morgan fingerprint density at radius 2 is 1.72 bits per heavy atom. The van der Waals surface area contributed by atoms with E-state index in [1.165, 1.54) is 25.9 Å². The lowest BCUT2D eigenvalue weighted by atomic mass is 9.84. The highest BCUT2D eigenvalue weighted by atomic mass is 15.1. The summed E-state index contributed by atoms with van der Waals surface area (Å²) in [4.78, 5) is 4.80. The van der Waals surface area contributed by atoms with E-state index in [0.717, 1.165) is 19.6 Å². The second kappa shape index (κ2) is 8.89. The normalized spacial score (nSPS) is 14.5. The van der Waals surface area contributed by atoms with Crippen molar-refractivity contribution >= 4 is 0 Å². The fourth-order valence-corrected chi connectivity index (χ4v) is 2.44. The van der Waals surface area contributed by atoms with Crippen molar-refractivity contribution in [2.24, 2.45) is 17.1 Å². The van der Waals surface area contributed by atoms with Crippen molar-refractivity contribution in [3.63, 3.8) is 0 Å². The lowest BCUT2D eigenvalue weighted by Crippen LogP contribution is -2.36. The maximum absolute atomic E-state index is 5.92. The molecule has 0 fully saturated rings. The average Bonchev–Trinajstić information content (AvgIpc) is 2.24. The molecular weight excluding hydrogens is 222 g/mol. The lowest BCUT2D eigenvalue weighted by Gasteiger charge is -2.30. The second-order valence-corrected chi connectivity index (χ2v) is 6.92. The molecule has 3 nitrogen and oxygen atoms in total. The van der Waals surface area contributed by atoms with Gasteiger partial charge in [0.15, 0.2) is 0 Å². The number of rotatable bonds is 9. The van der Waals surface area contributed by atoms with Gasteiger partial charge in [0.2, 0.25) is 0 Å². The minimum Gasteiger partial charge on any atom is -0.330 e. The van der Waals surface area contributed by atoms with Crippen molar-refractivity contribution in [2.45, 2.75) is 40.5 Å². The third-order valence-electron chi connectivity index (χ3n) is 3.28. The van der Waals surface area contributed by atoms with Gasteiger partial charge in [0.05, 0.1) is 0 Å². The molecule has 0 spiro atoms. The molecule has 0 aliphatic rings. The Morgan fingerprint density at radius 3 is 2.11 bits per heavy atom. The molecule has 1 unspecified atom stereocenters. The monoisotopic (exact) mass is 257 g/mol. The van der Waals surface area contributed by atoms with Gasteiger partial charge in [0, 0.05) is 6.54 Å². The quantitative estimate of drug-likeness (QED) is 0.688. The molecule has 0 bridgehead atoms. The summed E-state index contributed by atoms with van der Waals surface area (Å²) in [7, 11) is 4.27. The molecule has 0 aromatic heterocycles. The zero-order chi connectivity index (χ0) is 14.2. The molecule has 0 aromatic carbocycles. The summed E-state index contributed by atoms with van der Waals surface area (Å²) in [5.41, 5.74) is 6.31. The van der Waals surface area contributed by atoms with Crippen molar-refractivity contribution in [1.29, 1.82) is 0 Å². The van der Waals surface area contributed by atoms with Crippen molar-refractivity contribution in [2.75, 3.05) is 46.8 Å². The molecule has 2 N–H and O–H groups in total. The summed E-state index contributed by atoms with van der Waals surface area (Å²) in [5.74, 6) is 0.629. The van der Waals surface area contributed by atoms with Crippen LogP contribution in [0.2, 0.25) is 0 Å². The van der Waals surface area contributed by atoms with E-state index in [0.29, 0.717) is 11.3 Å². The molecular formula is C15H35N3. The van der Waals surface area contributed by atoms with Crippen molar-refractivity contribution in [3.8, 4) is 0 Å². The van der Waals surface area contributed by atoms with Crippen LogP contribution in [-0.2, 0) is 0 Å². The van der Waals surface area contributed by atoms with Crippen LogP contribution in [-0.4, -0.2) is 56.6 Å². The highest BCUT2D eigenvalue weighted by Gasteiger charge is 2.19. The number of hydrogen-bond acceptors (Lipinski definition) is 3. The number of hydrogen-bond donors (Lipinski definition) is 1. The zero-order valence-electron chi connectivity index (χ0n) is 13.5. The first-order valence-electron chi connectivity index (χ1n) is 7.35. The number of nitrogens with two attached hydrogens (primary N) is 1. The van der Waals surface area contributed by atoms with Gasteiger partial charge < -0.3 is 15.5 Å². The smallest absolute Gasteiger partial charge is 0.00218 e. The minimum absolute atomic E-state index is 0.382. The van der Waals surface area contributed by atoms with Gasteiger partial charge in [-0.25, -0.2) is 0 Å². The molecule has 1 atom stereocenters. The fraction of sp³-hybridized carbons (Fsp3) is 1.00. The first-order chi connectivity index (χ1) is 8.28. The highest BCUT2D eigenvalue weighted by Crippen LogP contribution is 2.24. The topological polar surface area (TPSA) is 32.5 Å². The van der Waals surface area contributed by atoms with E-state index in [2.05, 4.69) is 51.6 Å². The van der Waals surface area contributed by atoms with Crippen LogP contribution in [0, 0.1) is 11.3 Å². The zero-order valence-corrected chi connectivity index (χ0v) is 13.5. The van der Waals surface area contributed by atoms with E-state index in [9.17, 15) is 0 Å². The van der Waals surface area contributed by atoms with Gasteiger partial charge in [-0.1, -0.05) is 27.7 Å². The van der Waals surface area contributed by atoms with E-state index in [4.69, 9.17) is 5.73 Å². The van der Waals surface area contributed by atoms with Gasteiger partial charge in [0.25, 0.3) is 0 Å². The summed E-state index contributed by atoms with van der Waals surface area (Å²) in [5, 5.41) is 0. The van der Waals surface area contributed by atoms with Crippen LogP contribution in [0.3, 0.4) is 0 Å². The maximum atomic E-state index is 5.92. The Hall–Kier alpha value is -0.120. The van der Waals surface area contributed by atoms with E-state index in [1.807, 2.05) is 0 Å². The Bertz CT molecular complexity index is 196. The first-order valence-corrected chi connectivity index (χ1v) is 7.35. The van der Waals surface area contributed by atoms with Crippen LogP contribution < -0.4 is 5.73 Å². The van der Waals surface area contributed by atoms with Gasteiger partial charge in [0.1, 0.15) is 0 Å². The number of nitrogens with zero attached hydrogens (tertiary/aromatic N) is 2. The van der Waals surface area contributed by atoms with Gasteiger partial charge in [-0.15, -0.1) is 0 Å². The molecule has 0 radical (unpaired) electrons. The average molecular weight is 257 g/mol. The largest absolute Gasteiger partial charge is 0.330 e. The molecule has 0 amide bonds. The third-order valence-corrected chi connectivity index (χ3v) is 3.28. The van der Waals surface area contributed by atoms with E-state index in [1.54, 1.807) is 0 Å². The summed E-state index contributed by atoms with van der Waals surface area (Å²) >= 11 is 0. The molecule has 0 saturated carbocycles. The van der Waals surface area contributed by atoms with Crippen LogP contribution in [0.25, 0.3) is 0 Å². The lowest BCUT2D eigenvalue weighted by molar-refractivity contribution is 0.194.